The predicted molar refractivity (Wildman–Crippen MR) is 71.4 cm³/mol. The van der Waals surface area contributed by atoms with Crippen LogP contribution < -0.4 is 10.5 Å². The number of nitrogens with one attached hydrogen (secondary N) is 1. The third kappa shape index (κ3) is 3.72. The molecule has 0 radical (unpaired) electrons. The maximum absolute atomic E-state index is 12.0. The van der Waals surface area contributed by atoms with Gasteiger partial charge in [0.15, 0.2) is 0 Å². The van der Waals surface area contributed by atoms with Crippen molar-refractivity contribution in [1.82, 2.24) is 4.72 Å². The van der Waals surface area contributed by atoms with Crippen LogP contribution in [0, 0.1) is 24.0 Å². The molecule has 0 bridgehead atoms. The summed E-state index contributed by atoms with van der Waals surface area (Å²) in [6, 6.07) is 2.59. The zero-order valence-electron chi connectivity index (χ0n) is 10.8. The molecule has 1 aromatic carbocycles. The summed E-state index contributed by atoms with van der Waals surface area (Å²) in [6.07, 6.45) is 0.506. The third-order valence-electron chi connectivity index (χ3n) is 2.65. The van der Waals surface area contributed by atoms with Gasteiger partial charge in [-0.25, -0.2) is 13.1 Å². The van der Waals surface area contributed by atoms with E-state index < -0.39 is 14.9 Å². The molecule has 19 heavy (non-hydrogen) atoms. The number of nitrogens with zero attached hydrogens (tertiary/aromatic N) is 1. The largest absolute Gasteiger partial charge is 0.330 e. The first-order valence-corrected chi connectivity index (χ1v) is 7.23. The third-order valence-corrected chi connectivity index (χ3v) is 4.26. The molecule has 1 rings (SSSR count). The predicted octanol–water partition coefficient (Wildman–Crippen LogP) is 0.839. The van der Waals surface area contributed by atoms with E-state index in [1.807, 2.05) is 0 Å². The van der Waals surface area contributed by atoms with Crippen molar-refractivity contribution < 1.29 is 13.3 Å². The fourth-order valence-electron chi connectivity index (χ4n) is 1.69. The molecule has 106 valence electrons. The van der Waals surface area contributed by atoms with Gasteiger partial charge in [-0.05, 0) is 38.4 Å². The van der Waals surface area contributed by atoms with Crippen molar-refractivity contribution in [3.8, 4) is 0 Å². The van der Waals surface area contributed by atoms with Crippen molar-refractivity contribution in [3.63, 3.8) is 0 Å². The number of hydrogen-bond acceptors (Lipinski definition) is 5. The number of hydrogen-bond donors (Lipinski definition) is 2. The van der Waals surface area contributed by atoms with Crippen LogP contribution in [0.2, 0.25) is 0 Å². The Morgan fingerprint density at radius 1 is 1.32 bits per heavy atom. The highest BCUT2D eigenvalue weighted by molar-refractivity contribution is 7.89. The SMILES string of the molecule is Cc1cc(C)c(S(=O)(=O)NCCCN)cc1[N+](=O)[O-]. The van der Waals surface area contributed by atoms with Crippen LogP contribution in [-0.4, -0.2) is 26.4 Å². The molecule has 0 fully saturated rings. The van der Waals surface area contributed by atoms with Crippen LogP contribution in [0.3, 0.4) is 0 Å². The van der Waals surface area contributed by atoms with E-state index in [-0.39, 0.29) is 17.1 Å². The van der Waals surface area contributed by atoms with E-state index in [4.69, 9.17) is 5.73 Å². The fourth-order valence-corrected chi connectivity index (χ4v) is 3.01. The molecule has 0 heterocycles. The van der Waals surface area contributed by atoms with Gasteiger partial charge in [-0.1, -0.05) is 0 Å². The molecule has 0 aromatic heterocycles. The second kappa shape index (κ2) is 6.09. The smallest absolute Gasteiger partial charge is 0.273 e. The highest BCUT2D eigenvalue weighted by Crippen LogP contribution is 2.25. The fraction of sp³-hybridized carbons (Fsp3) is 0.455. The number of nitro groups is 1. The second-order valence-corrected chi connectivity index (χ2v) is 5.94. The number of nitro benzene ring substituents is 1. The van der Waals surface area contributed by atoms with Crippen LogP contribution in [0.25, 0.3) is 0 Å². The Balaban J connectivity index is 3.19. The van der Waals surface area contributed by atoms with E-state index in [0.29, 0.717) is 24.1 Å². The highest BCUT2D eigenvalue weighted by atomic mass is 32.2. The average Bonchev–Trinajstić information content (AvgIpc) is 2.28. The van der Waals surface area contributed by atoms with Gasteiger partial charge in [0.05, 0.1) is 9.82 Å². The van der Waals surface area contributed by atoms with E-state index in [1.54, 1.807) is 13.8 Å². The Bertz CT molecular complexity index is 584. The summed E-state index contributed by atoms with van der Waals surface area (Å²) in [7, 11) is -3.75. The van der Waals surface area contributed by atoms with Gasteiger partial charge in [-0.15, -0.1) is 0 Å². The minimum absolute atomic E-state index is 0.0678. The van der Waals surface area contributed by atoms with Crippen LogP contribution in [-0.2, 0) is 10.0 Å². The maximum atomic E-state index is 12.0. The zero-order chi connectivity index (χ0) is 14.6. The van der Waals surface area contributed by atoms with Gasteiger partial charge in [0.25, 0.3) is 5.69 Å². The lowest BCUT2D eigenvalue weighted by atomic mass is 10.1. The number of sulfonamides is 1. The Kier molecular flexibility index (Phi) is 4.98. The molecule has 0 amide bonds. The van der Waals surface area contributed by atoms with Crippen LogP contribution in [0.1, 0.15) is 17.5 Å². The van der Waals surface area contributed by atoms with Crippen molar-refractivity contribution in [2.45, 2.75) is 25.2 Å². The van der Waals surface area contributed by atoms with Crippen molar-refractivity contribution in [2.75, 3.05) is 13.1 Å². The standard InChI is InChI=1S/C11H17N3O4S/c1-8-6-9(2)11(7-10(8)14(15)16)19(17,18)13-5-3-4-12/h6-7,13H,3-5,12H2,1-2H3. The van der Waals surface area contributed by atoms with Crippen LogP contribution in [0.15, 0.2) is 17.0 Å². The van der Waals surface area contributed by atoms with Crippen molar-refractivity contribution >= 4 is 15.7 Å². The molecule has 0 aliphatic rings. The average molecular weight is 287 g/mol. The summed E-state index contributed by atoms with van der Waals surface area (Å²) in [6.45, 7) is 3.76. The molecule has 1 aromatic rings. The molecule has 0 saturated heterocycles. The summed E-state index contributed by atoms with van der Waals surface area (Å²) in [5.74, 6) is 0. The Morgan fingerprint density at radius 2 is 1.95 bits per heavy atom. The molecule has 7 nitrogen and oxygen atoms in total. The molecule has 0 spiro atoms. The molecule has 0 aliphatic heterocycles. The number of nitrogens with two attached hydrogens (primary N) is 1. The summed E-state index contributed by atoms with van der Waals surface area (Å²) in [5, 5.41) is 10.8. The van der Waals surface area contributed by atoms with Gasteiger partial charge in [0.1, 0.15) is 0 Å². The molecular formula is C11H17N3O4S. The van der Waals surface area contributed by atoms with Gasteiger partial charge in [0.2, 0.25) is 10.0 Å². The van der Waals surface area contributed by atoms with Crippen LogP contribution in [0.5, 0.6) is 0 Å². The lowest BCUT2D eigenvalue weighted by molar-refractivity contribution is -0.385. The molecule has 0 aliphatic carbocycles. The van der Waals surface area contributed by atoms with Gasteiger partial charge >= 0.3 is 0 Å². The molecule has 8 heteroatoms. The molecule has 0 saturated carbocycles. The Hall–Kier alpha value is -1.51. The minimum Gasteiger partial charge on any atom is -0.330 e. The molecule has 0 unspecified atom stereocenters. The first-order valence-electron chi connectivity index (χ1n) is 5.75. The monoisotopic (exact) mass is 287 g/mol. The normalized spacial score (nSPS) is 11.5. The van der Waals surface area contributed by atoms with E-state index in [0.717, 1.165) is 6.07 Å². The second-order valence-electron chi connectivity index (χ2n) is 4.20. The van der Waals surface area contributed by atoms with Crippen molar-refractivity contribution in [1.29, 1.82) is 0 Å². The van der Waals surface area contributed by atoms with Gasteiger partial charge < -0.3 is 5.73 Å². The number of benzene rings is 1. The zero-order valence-corrected chi connectivity index (χ0v) is 11.7. The Morgan fingerprint density at radius 3 is 2.47 bits per heavy atom. The summed E-state index contributed by atoms with van der Waals surface area (Å²) in [5.41, 5.74) is 5.99. The lowest BCUT2D eigenvalue weighted by Gasteiger charge is -2.10. The number of aryl methyl sites for hydroxylation is 2. The quantitative estimate of drug-likeness (QED) is 0.457. The van der Waals surface area contributed by atoms with Gasteiger partial charge in [-0.3, -0.25) is 10.1 Å². The van der Waals surface area contributed by atoms with Gasteiger partial charge in [-0.2, -0.15) is 0 Å². The first-order chi connectivity index (χ1) is 8.79. The Labute approximate surface area is 112 Å². The van der Waals surface area contributed by atoms with Crippen molar-refractivity contribution in [3.05, 3.63) is 33.4 Å². The number of rotatable bonds is 6. The van der Waals surface area contributed by atoms with E-state index in [9.17, 15) is 18.5 Å². The summed E-state index contributed by atoms with van der Waals surface area (Å²) >= 11 is 0. The van der Waals surface area contributed by atoms with Crippen molar-refractivity contribution in [2.24, 2.45) is 5.73 Å². The van der Waals surface area contributed by atoms with E-state index in [1.165, 1.54) is 6.07 Å². The van der Waals surface area contributed by atoms with E-state index >= 15 is 0 Å². The van der Waals surface area contributed by atoms with Gasteiger partial charge in [0, 0.05) is 18.2 Å². The minimum atomic E-state index is -3.75. The highest BCUT2D eigenvalue weighted by Gasteiger charge is 2.22. The maximum Gasteiger partial charge on any atom is 0.273 e. The van der Waals surface area contributed by atoms with Crippen LogP contribution in [0.4, 0.5) is 5.69 Å². The first kappa shape index (κ1) is 15.5. The molecular weight excluding hydrogens is 270 g/mol. The topological polar surface area (TPSA) is 115 Å². The van der Waals surface area contributed by atoms with Crippen LogP contribution >= 0.6 is 0 Å². The molecule has 0 atom stereocenters. The molecule has 3 N–H and O–H groups in total. The summed E-state index contributed by atoms with van der Waals surface area (Å²) < 4.78 is 26.5. The van der Waals surface area contributed by atoms with E-state index in [2.05, 4.69) is 4.72 Å². The lowest BCUT2D eigenvalue weighted by Crippen LogP contribution is -2.27. The summed E-state index contributed by atoms with van der Waals surface area (Å²) in [4.78, 5) is 10.2.